The Bertz CT molecular complexity index is 588. The Labute approximate surface area is 121 Å². The number of rotatable bonds is 5. The van der Waals surface area contributed by atoms with Crippen molar-refractivity contribution in [2.45, 2.75) is 18.9 Å². The van der Waals surface area contributed by atoms with Crippen molar-refractivity contribution in [1.82, 2.24) is 4.90 Å². The summed E-state index contributed by atoms with van der Waals surface area (Å²) in [5.74, 6) is -1.79. The lowest BCUT2D eigenvalue weighted by Crippen LogP contribution is -2.41. The molecular weight excluding hydrogens is 276 g/mol. The molecule has 0 aromatic heterocycles. The largest absolute Gasteiger partial charge is 0.504 e. The van der Waals surface area contributed by atoms with Crippen LogP contribution in [0.3, 0.4) is 0 Å². The van der Waals surface area contributed by atoms with E-state index in [9.17, 15) is 19.5 Å². The second kappa shape index (κ2) is 5.82. The number of allylic oxidation sites excluding steroid dienone is 2. The number of hydrogen-bond donors (Lipinski definition) is 2. The Morgan fingerprint density at radius 3 is 2.81 bits per heavy atom. The molecule has 0 spiro atoms. The number of nitrogens with two attached hydrogens (primary N) is 1. The van der Waals surface area contributed by atoms with Gasteiger partial charge in [-0.25, -0.2) is 0 Å². The summed E-state index contributed by atoms with van der Waals surface area (Å²) in [5.41, 5.74) is 6.50. The van der Waals surface area contributed by atoms with Crippen molar-refractivity contribution in [3.05, 3.63) is 35.3 Å². The van der Waals surface area contributed by atoms with Crippen LogP contribution < -0.4 is 5.73 Å². The van der Waals surface area contributed by atoms with Gasteiger partial charge >= 0.3 is 5.97 Å². The van der Waals surface area contributed by atoms with Crippen molar-refractivity contribution >= 4 is 17.7 Å². The van der Waals surface area contributed by atoms with Crippen LogP contribution in [0.5, 0.6) is 0 Å². The molecule has 3 N–H and O–H groups in total. The SMILES string of the molecule is COC(=O)CCC(C(N)=O)N1C=C2C=CC(=O)C(O)=C2C1. The van der Waals surface area contributed by atoms with Gasteiger partial charge < -0.3 is 20.5 Å². The van der Waals surface area contributed by atoms with Gasteiger partial charge in [0.1, 0.15) is 6.04 Å². The molecule has 0 fully saturated rings. The van der Waals surface area contributed by atoms with Crippen molar-refractivity contribution in [3.63, 3.8) is 0 Å². The average Bonchev–Trinajstić information content (AvgIpc) is 2.87. The van der Waals surface area contributed by atoms with Crippen molar-refractivity contribution < 1.29 is 24.2 Å². The third-order valence-corrected chi connectivity index (χ3v) is 3.51. The second-order valence-corrected chi connectivity index (χ2v) is 4.81. The molecule has 2 aliphatic rings. The molecule has 2 rings (SSSR count). The average molecular weight is 292 g/mol. The number of carbonyl (C=O) groups excluding carboxylic acids is 3. The molecule has 1 heterocycles. The maximum absolute atomic E-state index is 11.6. The van der Waals surface area contributed by atoms with Crippen molar-refractivity contribution in [2.24, 2.45) is 5.73 Å². The van der Waals surface area contributed by atoms with E-state index in [-0.39, 0.29) is 25.1 Å². The Balaban J connectivity index is 2.16. The van der Waals surface area contributed by atoms with Gasteiger partial charge in [0.25, 0.3) is 0 Å². The molecule has 0 aromatic rings. The van der Waals surface area contributed by atoms with Crippen LogP contribution in [0.15, 0.2) is 35.3 Å². The molecule has 1 atom stereocenters. The first-order chi connectivity index (χ1) is 9.93. The predicted molar refractivity (Wildman–Crippen MR) is 72.8 cm³/mol. The Morgan fingerprint density at radius 2 is 2.19 bits per heavy atom. The Kier molecular flexibility index (Phi) is 4.11. The number of aliphatic hydroxyl groups is 1. The lowest BCUT2D eigenvalue weighted by atomic mass is 10.0. The zero-order valence-corrected chi connectivity index (χ0v) is 11.5. The number of carbonyl (C=O) groups is 3. The lowest BCUT2D eigenvalue weighted by molar-refractivity contribution is -0.141. The third kappa shape index (κ3) is 2.96. The molecule has 0 saturated heterocycles. The lowest BCUT2D eigenvalue weighted by Gasteiger charge is -2.24. The first-order valence-corrected chi connectivity index (χ1v) is 6.42. The van der Waals surface area contributed by atoms with Crippen LogP contribution in [-0.2, 0) is 19.1 Å². The molecule has 0 saturated carbocycles. The summed E-state index contributed by atoms with van der Waals surface area (Å²) in [6.45, 7) is 0.200. The molecule has 1 amide bonds. The van der Waals surface area contributed by atoms with Gasteiger partial charge in [-0.2, -0.15) is 0 Å². The van der Waals surface area contributed by atoms with E-state index in [4.69, 9.17) is 5.73 Å². The van der Waals surface area contributed by atoms with Gasteiger partial charge in [0.05, 0.1) is 7.11 Å². The Morgan fingerprint density at radius 1 is 1.48 bits per heavy atom. The number of ketones is 1. The van der Waals surface area contributed by atoms with Crippen LogP contribution in [0.4, 0.5) is 0 Å². The van der Waals surface area contributed by atoms with Gasteiger partial charge in [-0.3, -0.25) is 14.4 Å². The van der Waals surface area contributed by atoms with Crippen molar-refractivity contribution in [2.75, 3.05) is 13.7 Å². The summed E-state index contributed by atoms with van der Waals surface area (Å²) in [6.07, 6.45) is 4.76. The van der Waals surface area contributed by atoms with Gasteiger partial charge in [0.15, 0.2) is 5.76 Å². The van der Waals surface area contributed by atoms with Gasteiger partial charge in [-0.05, 0) is 24.1 Å². The first kappa shape index (κ1) is 14.8. The molecule has 1 aliphatic heterocycles. The molecular formula is C14H16N2O5. The first-order valence-electron chi connectivity index (χ1n) is 6.42. The van der Waals surface area contributed by atoms with E-state index < -0.39 is 23.7 Å². The highest BCUT2D eigenvalue weighted by atomic mass is 16.5. The van der Waals surface area contributed by atoms with Crippen LogP contribution in [0, 0.1) is 0 Å². The van der Waals surface area contributed by atoms with Crippen molar-refractivity contribution in [3.8, 4) is 0 Å². The second-order valence-electron chi connectivity index (χ2n) is 4.81. The number of esters is 1. The van der Waals surface area contributed by atoms with Gasteiger partial charge in [-0.1, -0.05) is 0 Å². The highest BCUT2D eigenvalue weighted by molar-refractivity contribution is 6.05. The summed E-state index contributed by atoms with van der Waals surface area (Å²) < 4.78 is 4.54. The molecule has 21 heavy (non-hydrogen) atoms. The minimum Gasteiger partial charge on any atom is -0.504 e. The molecule has 0 radical (unpaired) electrons. The summed E-state index contributed by atoms with van der Waals surface area (Å²) in [6, 6.07) is -0.703. The fourth-order valence-corrected chi connectivity index (χ4v) is 2.35. The van der Waals surface area contributed by atoms with E-state index >= 15 is 0 Å². The van der Waals surface area contributed by atoms with E-state index in [1.54, 1.807) is 17.2 Å². The summed E-state index contributed by atoms with van der Waals surface area (Å²) in [5, 5.41) is 9.76. The maximum atomic E-state index is 11.6. The molecule has 0 bridgehead atoms. The molecule has 0 aromatic carbocycles. The third-order valence-electron chi connectivity index (χ3n) is 3.51. The van der Waals surface area contributed by atoms with Crippen LogP contribution in [0.2, 0.25) is 0 Å². The number of amides is 1. The van der Waals surface area contributed by atoms with Crippen LogP contribution in [-0.4, -0.2) is 47.4 Å². The normalized spacial score (nSPS) is 18.4. The fraction of sp³-hybridized carbons (Fsp3) is 0.357. The number of nitrogens with zero attached hydrogens (tertiary/aromatic N) is 1. The quantitative estimate of drug-likeness (QED) is 0.687. The van der Waals surface area contributed by atoms with Gasteiger partial charge in [-0.15, -0.1) is 0 Å². The zero-order chi connectivity index (χ0) is 15.6. The van der Waals surface area contributed by atoms with Crippen molar-refractivity contribution in [1.29, 1.82) is 0 Å². The summed E-state index contributed by atoms with van der Waals surface area (Å²) >= 11 is 0. The number of fused-ring (bicyclic) bond motifs is 1. The maximum Gasteiger partial charge on any atom is 0.305 e. The highest BCUT2D eigenvalue weighted by Crippen LogP contribution is 2.30. The van der Waals surface area contributed by atoms with Crippen LogP contribution in [0.1, 0.15) is 12.8 Å². The van der Waals surface area contributed by atoms with E-state index in [2.05, 4.69) is 4.74 Å². The van der Waals surface area contributed by atoms with E-state index in [1.807, 2.05) is 0 Å². The van der Waals surface area contributed by atoms with E-state index in [0.717, 1.165) is 0 Å². The topological polar surface area (TPSA) is 110 Å². The summed E-state index contributed by atoms with van der Waals surface area (Å²) in [7, 11) is 1.27. The van der Waals surface area contributed by atoms with Gasteiger partial charge in [0, 0.05) is 24.7 Å². The minimum atomic E-state index is -0.703. The summed E-state index contributed by atoms with van der Waals surface area (Å²) in [4.78, 5) is 35.8. The predicted octanol–water partition coefficient (Wildman–Crippen LogP) is -0.0560. The fourth-order valence-electron chi connectivity index (χ4n) is 2.35. The number of hydrogen-bond acceptors (Lipinski definition) is 6. The zero-order valence-electron chi connectivity index (χ0n) is 11.5. The van der Waals surface area contributed by atoms with E-state index in [1.165, 1.54) is 13.2 Å². The number of aliphatic hydroxyl groups excluding tert-OH is 1. The monoisotopic (exact) mass is 292 g/mol. The smallest absolute Gasteiger partial charge is 0.305 e. The number of ether oxygens (including phenoxy) is 1. The molecule has 1 aliphatic carbocycles. The molecule has 1 unspecified atom stereocenters. The van der Waals surface area contributed by atoms with Crippen LogP contribution >= 0.6 is 0 Å². The minimum absolute atomic E-state index is 0.0591. The number of methoxy groups -OCH3 is 1. The molecule has 112 valence electrons. The molecule has 7 nitrogen and oxygen atoms in total. The highest BCUT2D eigenvalue weighted by Gasteiger charge is 2.32. The Hall–Kier alpha value is -2.57. The van der Waals surface area contributed by atoms with E-state index in [0.29, 0.717) is 11.1 Å². The van der Waals surface area contributed by atoms with Crippen LogP contribution in [0.25, 0.3) is 0 Å². The molecule has 7 heteroatoms. The standard InChI is InChI=1S/C14H16N2O5/c1-21-12(18)5-3-10(14(15)20)16-6-8-2-4-11(17)13(19)9(8)7-16/h2,4,6,10,19H,3,5,7H2,1H3,(H2,15,20). The number of primary amides is 1. The van der Waals surface area contributed by atoms with Gasteiger partial charge in [0.2, 0.25) is 11.7 Å².